The largest absolute Gasteiger partial charge is 0.496 e. The molecule has 0 aliphatic heterocycles. The lowest BCUT2D eigenvalue weighted by Crippen LogP contribution is -1.88. The summed E-state index contributed by atoms with van der Waals surface area (Å²) in [5.74, 6) is 0.872. The van der Waals surface area contributed by atoms with E-state index in [1.165, 1.54) is 0 Å². The van der Waals surface area contributed by atoms with Crippen molar-refractivity contribution in [3.63, 3.8) is 0 Å². The number of ether oxygens (including phenoxy) is 1. The number of benzene rings is 1. The van der Waals surface area contributed by atoms with Gasteiger partial charge in [0.2, 0.25) is 0 Å². The molecule has 0 fully saturated rings. The van der Waals surface area contributed by atoms with Crippen molar-refractivity contribution in [3.05, 3.63) is 29.5 Å². The average Bonchev–Trinajstić information content (AvgIpc) is 2.28. The summed E-state index contributed by atoms with van der Waals surface area (Å²) in [4.78, 5) is 5.15. The van der Waals surface area contributed by atoms with Crippen LogP contribution >= 0.6 is 23.4 Å². The average molecular weight is 240 g/mol. The van der Waals surface area contributed by atoms with E-state index >= 15 is 0 Å². The van der Waals surface area contributed by atoms with E-state index in [2.05, 4.69) is 4.98 Å². The van der Waals surface area contributed by atoms with Crippen molar-refractivity contribution < 1.29 is 4.74 Å². The number of methoxy groups -OCH3 is 1. The molecule has 0 unspecified atom stereocenters. The summed E-state index contributed by atoms with van der Waals surface area (Å²) in [5, 5.41) is 2.58. The summed E-state index contributed by atoms with van der Waals surface area (Å²) < 4.78 is 5.30. The molecule has 0 amide bonds. The first-order valence-corrected chi connectivity index (χ1v) is 6.03. The van der Waals surface area contributed by atoms with Gasteiger partial charge in [-0.2, -0.15) is 0 Å². The lowest BCUT2D eigenvalue weighted by Gasteiger charge is -2.09. The van der Waals surface area contributed by atoms with Gasteiger partial charge in [0.25, 0.3) is 0 Å². The Bertz CT molecular complexity index is 501. The van der Waals surface area contributed by atoms with Crippen molar-refractivity contribution in [1.82, 2.24) is 4.98 Å². The van der Waals surface area contributed by atoms with Crippen LogP contribution in [0.3, 0.4) is 0 Å². The van der Waals surface area contributed by atoms with Crippen LogP contribution in [0, 0.1) is 0 Å². The van der Waals surface area contributed by atoms with Gasteiger partial charge in [0.05, 0.1) is 12.0 Å². The SMILES string of the molecule is COc1ccc2c(Cl)nccc2c1SC. The van der Waals surface area contributed by atoms with Crippen LogP contribution in [-0.2, 0) is 0 Å². The van der Waals surface area contributed by atoms with Gasteiger partial charge >= 0.3 is 0 Å². The summed E-state index contributed by atoms with van der Waals surface area (Å²) >= 11 is 7.67. The van der Waals surface area contributed by atoms with E-state index in [0.29, 0.717) is 5.15 Å². The Morgan fingerprint density at radius 3 is 2.73 bits per heavy atom. The zero-order chi connectivity index (χ0) is 10.8. The predicted octanol–water partition coefficient (Wildman–Crippen LogP) is 3.62. The molecule has 0 bridgehead atoms. The van der Waals surface area contributed by atoms with Crippen LogP contribution in [0.4, 0.5) is 0 Å². The smallest absolute Gasteiger partial charge is 0.136 e. The van der Waals surface area contributed by atoms with Gasteiger partial charge in [0.1, 0.15) is 10.9 Å². The number of hydrogen-bond acceptors (Lipinski definition) is 3. The minimum atomic E-state index is 0.533. The van der Waals surface area contributed by atoms with Crippen LogP contribution in [0.5, 0.6) is 5.75 Å². The van der Waals surface area contributed by atoms with Crippen LogP contribution in [0.15, 0.2) is 29.3 Å². The molecule has 2 aromatic rings. The fourth-order valence-electron chi connectivity index (χ4n) is 1.54. The van der Waals surface area contributed by atoms with E-state index in [9.17, 15) is 0 Å². The summed E-state index contributed by atoms with van der Waals surface area (Å²) in [7, 11) is 1.67. The molecule has 0 saturated carbocycles. The lowest BCUT2D eigenvalue weighted by molar-refractivity contribution is 0.406. The molecule has 0 aliphatic carbocycles. The molecule has 0 atom stereocenters. The third-order valence-corrected chi connectivity index (χ3v) is 3.37. The number of fused-ring (bicyclic) bond motifs is 1. The first-order chi connectivity index (χ1) is 7.27. The third-order valence-electron chi connectivity index (χ3n) is 2.24. The van der Waals surface area contributed by atoms with Gasteiger partial charge in [0.15, 0.2) is 0 Å². The van der Waals surface area contributed by atoms with Crippen LogP contribution in [0.25, 0.3) is 10.8 Å². The first kappa shape index (κ1) is 10.6. The fourth-order valence-corrected chi connectivity index (χ4v) is 2.51. The highest BCUT2D eigenvalue weighted by molar-refractivity contribution is 7.99. The molecule has 1 aromatic heterocycles. The Morgan fingerprint density at radius 1 is 1.27 bits per heavy atom. The first-order valence-electron chi connectivity index (χ1n) is 4.43. The molecule has 78 valence electrons. The maximum atomic E-state index is 6.02. The quantitative estimate of drug-likeness (QED) is 0.590. The van der Waals surface area contributed by atoms with E-state index in [1.54, 1.807) is 25.1 Å². The van der Waals surface area contributed by atoms with Gasteiger partial charge < -0.3 is 4.74 Å². The third kappa shape index (κ3) is 1.77. The second-order valence-electron chi connectivity index (χ2n) is 3.00. The number of nitrogens with zero attached hydrogens (tertiary/aromatic N) is 1. The Kier molecular flexibility index (Phi) is 3.03. The van der Waals surface area contributed by atoms with Crippen LogP contribution < -0.4 is 4.74 Å². The predicted molar refractivity (Wildman–Crippen MR) is 65.1 cm³/mol. The monoisotopic (exact) mass is 239 g/mol. The Balaban J connectivity index is 2.82. The summed E-state index contributed by atoms with van der Waals surface area (Å²) in [6.45, 7) is 0. The molecular formula is C11H10ClNOS. The van der Waals surface area contributed by atoms with Gasteiger partial charge in [-0.15, -0.1) is 11.8 Å². The molecule has 1 aromatic carbocycles. The molecule has 0 spiro atoms. The molecule has 0 aliphatic rings. The minimum Gasteiger partial charge on any atom is -0.496 e. The van der Waals surface area contributed by atoms with E-state index in [4.69, 9.17) is 16.3 Å². The number of pyridine rings is 1. The summed E-state index contributed by atoms with van der Waals surface area (Å²) in [5.41, 5.74) is 0. The van der Waals surface area contributed by atoms with Crippen molar-refractivity contribution in [3.8, 4) is 5.75 Å². The number of hydrogen-bond donors (Lipinski definition) is 0. The van der Waals surface area contributed by atoms with Crippen LogP contribution in [-0.4, -0.2) is 18.3 Å². The molecule has 15 heavy (non-hydrogen) atoms. The minimum absolute atomic E-state index is 0.533. The maximum absolute atomic E-state index is 6.02. The Labute approximate surface area is 97.6 Å². The molecule has 0 radical (unpaired) electrons. The number of rotatable bonds is 2. The molecule has 1 heterocycles. The highest BCUT2D eigenvalue weighted by Crippen LogP contribution is 2.36. The van der Waals surface area contributed by atoms with Crippen LogP contribution in [0.1, 0.15) is 0 Å². The zero-order valence-corrected chi connectivity index (χ0v) is 10.0. The van der Waals surface area contributed by atoms with Gasteiger partial charge in [0, 0.05) is 17.0 Å². The number of thioether (sulfide) groups is 1. The standard InChI is InChI=1S/C11H10ClNOS/c1-14-9-4-3-8-7(10(9)15-2)5-6-13-11(8)12/h3-6H,1-2H3. The molecule has 2 nitrogen and oxygen atoms in total. The van der Waals surface area contributed by atoms with E-state index in [-0.39, 0.29) is 0 Å². The fraction of sp³-hybridized carbons (Fsp3) is 0.182. The van der Waals surface area contributed by atoms with Crippen LogP contribution in [0.2, 0.25) is 5.15 Å². The van der Waals surface area contributed by atoms with Crippen molar-refractivity contribution in [1.29, 1.82) is 0 Å². The van der Waals surface area contributed by atoms with Crippen molar-refractivity contribution in [2.45, 2.75) is 4.90 Å². The molecule has 4 heteroatoms. The molecule has 0 saturated heterocycles. The summed E-state index contributed by atoms with van der Waals surface area (Å²) in [6, 6.07) is 5.81. The topological polar surface area (TPSA) is 22.1 Å². The van der Waals surface area contributed by atoms with E-state index < -0.39 is 0 Å². The van der Waals surface area contributed by atoms with Gasteiger partial charge in [-0.05, 0) is 24.5 Å². The summed E-state index contributed by atoms with van der Waals surface area (Å²) in [6.07, 6.45) is 3.73. The molecular weight excluding hydrogens is 230 g/mol. The second kappa shape index (κ2) is 4.29. The number of aromatic nitrogens is 1. The maximum Gasteiger partial charge on any atom is 0.136 e. The number of halogens is 1. The van der Waals surface area contributed by atoms with Crippen molar-refractivity contribution in [2.75, 3.05) is 13.4 Å². The van der Waals surface area contributed by atoms with E-state index in [0.717, 1.165) is 21.4 Å². The van der Waals surface area contributed by atoms with Gasteiger partial charge in [-0.3, -0.25) is 0 Å². The van der Waals surface area contributed by atoms with Gasteiger partial charge in [-0.1, -0.05) is 11.6 Å². The lowest BCUT2D eigenvalue weighted by atomic mass is 10.2. The van der Waals surface area contributed by atoms with Gasteiger partial charge in [-0.25, -0.2) is 4.98 Å². The Hall–Kier alpha value is -0.930. The molecule has 2 rings (SSSR count). The Morgan fingerprint density at radius 2 is 2.07 bits per heavy atom. The van der Waals surface area contributed by atoms with E-state index in [1.807, 2.05) is 24.5 Å². The highest BCUT2D eigenvalue weighted by atomic mass is 35.5. The zero-order valence-electron chi connectivity index (χ0n) is 8.45. The van der Waals surface area contributed by atoms with Crippen molar-refractivity contribution >= 4 is 34.1 Å². The highest BCUT2D eigenvalue weighted by Gasteiger charge is 2.09. The second-order valence-corrected chi connectivity index (χ2v) is 4.17. The van der Waals surface area contributed by atoms with Crippen molar-refractivity contribution in [2.24, 2.45) is 0 Å². The normalized spacial score (nSPS) is 10.6. The molecule has 0 N–H and O–H groups in total.